The average Bonchev–Trinajstić information content (AvgIpc) is 3.44. The molecule has 0 bridgehead atoms. The molecule has 0 spiro atoms. The lowest BCUT2D eigenvalue weighted by atomic mass is 9.93. The highest BCUT2D eigenvalue weighted by molar-refractivity contribution is 5.95. The standard InChI is InChI=1S/C26H33F3N6O2.ClH/c27-26(28,29)22-4-2-1-3-20(22)18-7-12-34(16-18)24(36)21-15-32-35(23(21)17-5-6-17)19-8-13-33(14-9-19)25(37)31-11-10-30;/h1-4,15,17-19H,5-14,16,30H2,(H,31,37);1H/t18-;/m1./s1. The Labute approximate surface area is 226 Å². The number of nitrogens with two attached hydrogens (primary N) is 1. The summed E-state index contributed by atoms with van der Waals surface area (Å²) >= 11 is 0. The minimum atomic E-state index is -4.42. The third kappa shape index (κ3) is 5.78. The van der Waals surface area contributed by atoms with Crippen LogP contribution in [0.3, 0.4) is 0 Å². The molecule has 38 heavy (non-hydrogen) atoms. The van der Waals surface area contributed by atoms with Crippen molar-refractivity contribution in [1.29, 1.82) is 0 Å². The Kier molecular flexibility index (Phi) is 8.56. The van der Waals surface area contributed by atoms with Gasteiger partial charge in [-0.15, -0.1) is 12.4 Å². The molecule has 3 amide bonds. The number of amides is 3. The number of likely N-dealkylation sites (tertiary alicyclic amines) is 2. The highest BCUT2D eigenvalue weighted by Crippen LogP contribution is 2.44. The van der Waals surface area contributed by atoms with Crippen LogP contribution in [0.1, 0.15) is 77.2 Å². The molecule has 2 aliphatic heterocycles. The zero-order valence-electron chi connectivity index (χ0n) is 21.1. The monoisotopic (exact) mass is 554 g/mol. The fourth-order valence-electron chi connectivity index (χ4n) is 5.68. The number of hydrogen-bond acceptors (Lipinski definition) is 4. The number of nitrogens with zero attached hydrogens (tertiary/aromatic N) is 4. The normalized spacial score (nSPS) is 20.4. The molecule has 8 nitrogen and oxygen atoms in total. The molecule has 1 saturated carbocycles. The van der Waals surface area contributed by atoms with Crippen LogP contribution in [0.4, 0.5) is 18.0 Å². The molecular weight excluding hydrogens is 521 g/mol. The van der Waals surface area contributed by atoms with Crippen LogP contribution in [0.25, 0.3) is 0 Å². The quantitative estimate of drug-likeness (QED) is 0.561. The Morgan fingerprint density at radius 2 is 1.68 bits per heavy atom. The van der Waals surface area contributed by atoms with E-state index in [4.69, 9.17) is 5.73 Å². The maximum absolute atomic E-state index is 13.6. The summed E-state index contributed by atoms with van der Waals surface area (Å²) in [6.45, 7) is 2.71. The summed E-state index contributed by atoms with van der Waals surface area (Å²) in [4.78, 5) is 29.3. The van der Waals surface area contributed by atoms with Gasteiger partial charge in [0.05, 0.1) is 29.1 Å². The van der Waals surface area contributed by atoms with Crippen LogP contribution in [0.5, 0.6) is 0 Å². The Morgan fingerprint density at radius 3 is 2.34 bits per heavy atom. The SMILES string of the molecule is Cl.NCCNC(=O)N1CCC(n2ncc(C(=O)N3CC[C@@H](c4ccccc4C(F)(F)F)C3)c2C2CC2)CC1. The predicted octanol–water partition coefficient (Wildman–Crippen LogP) is 4.14. The summed E-state index contributed by atoms with van der Waals surface area (Å²) in [5.74, 6) is -0.230. The van der Waals surface area contributed by atoms with Crippen molar-refractivity contribution in [3.05, 3.63) is 52.8 Å². The number of benzene rings is 1. The van der Waals surface area contributed by atoms with Crippen LogP contribution in [-0.2, 0) is 6.18 Å². The van der Waals surface area contributed by atoms with Gasteiger partial charge < -0.3 is 20.9 Å². The topological polar surface area (TPSA) is 96.5 Å². The Hall–Kier alpha value is -2.79. The van der Waals surface area contributed by atoms with E-state index >= 15 is 0 Å². The maximum atomic E-state index is 13.6. The van der Waals surface area contributed by atoms with E-state index in [1.807, 2.05) is 4.68 Å². The molecule has 3 fully saturated rings. The van der Waals surface area contributed by atoms with Crippen molar-refractivity contribution in [2.45, 2.75) is 56.2 Å². The zero-order chi connectivity index (χ0) is 26.2. The second-order valence-electron chi connectivity index (χ2n) is 10.2. The van der Waals surface area contributed by atoms with Gasteiger partial charge in [-0.3, -0.25) is 9.48 Å². The first-order chi connectivity index (χ1) is 17.8. The number of alkyl halides is 3. The van der Waals surface area contributed by atoms with Gasteiger partial charge in [0, 0.05) is 51.1 Å². The van der Waals surface area contributed by atoms with Crippen LogP contribution >= 0.6 is 12.4 Å². The number of rotatable bonds is 6. The van der Waals surface area contributed by atoms with Crippen molar-refractivity contribution in [2.75, 3.05) is 39.3 Å². The third-order valence-electron chi connectivity index (χ3n) is 7.73. The van der Waals surface area contributed by atoms with Gasteiger partial charge in [-0.2, -0.15) is 18.3 Å². The van der Waals surface area contributed by atoms with Crippen LogP contribution in [0.15, 0.2) is 30.5 Å². The van der Waals surface area contributed by atoms with E-state index in [2.05, 4.69) is 10.4 Å². The summed E-state index contributed by atoms with van der Waals surface area (Å²) in [6, 6.07) is 5.65. The number of carbonyl (C=O) groups is 2. The van der Waals surface area contributed by atoms with Crippen molar-refractivity contribution in [1.82, 2.24) is 24.9 Å². The number of piperidine rings is 1. The molecule has 3 N–H and O–H groups in total. The van der Waals surface area contributed by atoms with E-state index in [-0.39, 0.29) is 54.3 Å². The summed E-state index contributed by atoms with van der Waals surface area (Å²) < 4.78 is 42.6. The number of nitrogens with one attached hydrogen (secondary N) is 1. The number of urea groups is 1. The van der Waals surface area contributed by atoms with Gasteiger partial charge in [0.1, 0.15) is 0 Å². The van der Waals surface area contributed by atoms with Gasteiger partial charge in [-0.25, -0.2) is 4.79 Å². The van der Waals surface area contributed by atoms with Crippen molar-refractivity contribution in [3.8, 4) is 0 Å². The fraction of sp³-hybridized carbons (Fsp3) is 0.577. The highest BCUT2D eigenvalue weighted by Gasteiger charge is 2.40. The Balaban J connectivity index is 0.00000336. The van der Waals surface area contributed by atoms with E-state index < -0.39 is 11.7 Å². The van der Waals surface area contributed by atoms with E-state index in [1.165, 1.54) is 12.1 Å². The fourth-order valence-corrected chi connectivity index (χ4v) is 5.68. The van der Waals surface area contributed by atoms with Crippen molar-refractivity contribution >= 4 is 24.3 Å². The smallest absolute Gasteiger partial charge is 0.338 e. The third-order valence-corrected chi connectivity index (χ3v) is 7.73. The molecule has 3 aliphatic rings. The van der Waals surface area contributed by atoms with E-state index in [9.17, 15) is 22.8 Å². The second kappa shape index (κ2) is 11.5. The van der Waals surface area contributed by atoms with Crippen molar-refractivity contribution in [2.24, 2.45) is 5.73 Å². The number of halogens is 4. The molecule has 1 aromatic heterocycles. The lowest BCUT2D eigenvalue weighted by molar-refractivity contribution is -0.138. The Bertz CT molecular complexity index is 1140. The summed E-state index contributed by atoms with van der Waals surface area (Å²) in [7, 11) is 0. The van der Waals surface area contributed by atoms with Gasteiger partial charge in [0.15, 0.2) is 0 Å². The second-order valence-corrected chi connectivity index (χ2v) is 10.2. The first-order valence-corrected chi connectivity index (χ1v) is 13.0. The summed E-state index contributed by atoms with van der Waals surface area (Å²) in [5.41, 5.74) is 6.61. The zero-order valence-corrected chi connectivity index (χ0v) is 21.9. The van der Waals surface area contributed by atoms with Gasteiger partial charge in [-0.05, 0) is 43.7 Å². The lowest BCUT2D eigenvalue weighted by Gasteiger charge is -2.33. The summed E-state index contributed by atoms with van der Waals surface area (Å²) in [6.07, 6.45) is 1.18. The average molecular weight is 555 g/mol. The molecule has 12 heteroatoms. The molecule has 3 heterocycles. The first kappa shape index (κ1) is 28.2. The predicted molar refractivity (Wildman–Crippen MR) is 138 cm³/mol. The molecule has 2 saturated heterocycles. The molecule has 0 unspecified atom stereocenters. The number of aromatic nitrogens is 2. The molecule has 5 rings (SSSR count). The van der Waals surface area contributed by atoms with E-state index in [0.717, 1.165) is 37.4 Å². The highest BCUT2D eigenvalue weighted by atomic mass is 35.5. The molecule has 1 atom stereocenters. The minimum absolute atomic E-state index is 0. The van der Waals surface area contributed by atoms with Gasteiger partial charge >= 0.3 is 12.2 Å². The van der Waals surface area contributed by atoms with Crippen molar-refractivity contribution < 1.29 is 22.8 Å². The maximum Gasteiger partial charge on any atom is 0.416 e. The summed E-state index contributed by atoms with van der Waals surface area (Å²) in [5, 5.41) is 7.42. The molecule has 0 radical (unpaired) electrons. The lowest BCUT2D eigenvalue weighted by Crippen LogP contribution is -2.46. The van der Waals surface area contributed by atoms with Crippen molar-refractivity contribution in [3.63, 3.8) is 0 Å². The van der Waals surface area contributed by atoms with Gasteiger partial charge in [0.25, 0.3) is 5.91 Å². The Morgan fingerprint density at radius 1 is 1.00 bits per heavy atom. The minimum Gasteiger partial charge on any atom is -0.338 e. The van der Waals surface area contributed by atoms with Crippen LogP contribution < -0.4 is 11.1 Å². The molecule has 2 aromatic rings. The van der Waals surface area contributed by atoms with Crippen LogP contribution in [0.2, 0.25) is 0 Å². The van der Waals surface area contributed by atoms with Gasteiger partial charge in [-0.1, -0.05) is 18.2 Å². The van der Waals surface area contributed by atoms with E-state index in [1.54, 1.807) is 22.1 Å². The first-order valence-electron chi connectivity index (χ1n) is 13.0. The van der Waals surface area contributed by atoms with Crippen LogP contribution in [-0.4, -0.2) is 70.8 Å². The van der Waals surface area contributed by atoms with E-state index in [0.29, 0.717) is 44.7 Å². The molecular formula is C26H34ClF3N6O2. The molecule has 208 valence electrons. The number of carbonyl (C=O) groups excluding carboxylic acids is 2. The van der Waals surface area contributed by atoms with Crippen LogP contribution in [0, 0.1) is 0 Å². The number of hydrogen-bond donors (Lipinski definition) is 2. The van der Waals surface area contributed by atoms with Gasteiger partial charge in [0.2, 0.25) is 0 Å². The molecule has 1 aliphatic carbocycles. The molecule has 1 aromatic carbocycles. The largest absolute Gasteiger partial charge is 0.416 e.